The minimum Gasteiger partial charge on any atom is -0.339 e. The van der Waals surface area contributed by atoms with Crippen LogP contribution in [0.25, 0.3) is 0 Å². The summed E-state index contributed by atoms with van der Waals surface area (Å²) in [5.41, 5.74) is 6.77. The van der Waals surface area contributed by atoms with E-state index in [0.29, 0.717) is 23.5 Å². The average molecular weight is 429 g/mol. The summed E-state index contributed by atoms with van der Waals surface area (Å²) in [4.78, 5) is 15.1. The molecule has 0 spiro atoms. The zero-order valence-corrected chi connectivity index (χ0v) is 18.4. The predicted octanol–water partition coefficient (Wildman–Crippen LogP) is 1.09. The van der Waals surface area contributed by atoms with Gasteiger partial charge < -0.3 is 5.32 Å². The van der Waals surface area contributed by atoms with E-state index in [4.69, 9.17) is 0 Å². The van der Waals surface area contributed by atoms with Crippen molar-refractivity contribution < 1.29 is 9.18 Å². The smallest absolute Gasteiger partial charge is 0.238 e. The molecule has 8 atom stereocenters. The molecular weight excluding hydrogens is 391 g/mol. The number of amides is 1. The van der Waals surface area contributed by atoms with Crippen LogP contribution in [0.5, 0.6) is 0 Å². The Morgan fingerprint density at radius 3 is 2.90 bits per heavy atom. The van der Waals surface area contributed by atoms with E-state index in [1.165, 1.54) is 0 Å². The first-order valence-electron chi connectivity index (χ1n) is 11.3. The number of carbonyl (C=O) groups is 1. The largest absolute Gasteiger partial charge is 0.339 e. The van der Waals surface area contributed by atoms with Crippen molar-refractivity contribution in [2.75, 3.05) is 20.3 Å². The monoisotopic (exact) mass is 428 g/mol. The number of hydrazine groups is 1. The maximum absolute atomic E-state index is 14.3. The van der Waals surface area contributed by atoms with Crippen LogP contribution in [-0.4, -0.2) is 66.2 Å². The van der Waals surface area contributed by atoms with Crippen molar-refractivity contribution >= 4 is 17.7 Å². The van der Waals surface area contributed by atoms with Crippen molar-refractivity contribution in [3.63, 3.8) is 0 Å². The first-order valence-corrected chi connectivity index (χ1v) is 12.2. The summed E-state index contributed by atoms with van der Waals surface area (Å²) in [6.45, 7) is 4.06. The second kappa shape index (κ2) is 9.78. The Morgan fingerprint density at radius 2 is 2.10 bits per heavy atom. The molecule has 4 rings (SSSR count). The Kier molecular flexibility index (Phi) is 7.35. The Hall–Kier alpha value is -0.450. The fourth-order valence-electron chi connectivity index (χ4n) is 5.36. The van der Waals surface area contributed by atoms with Gasteiger partial charge in [0.2, 0.25) is 5.91 Å². The summed E-state index contributed by atoms with van der Waals surface area (Å²) in [5.74, 6) is 0.982. The SMILES string of the molecule is C[C@H](SC1NNCN1C)C1CCNC(NC(=O)C2CCC3CCCC(F)C3N2)C1. The molecule has 7 nitrogen and oxygen atoms in total. The van der Waals surface area contributed by atoms with Gasteiger partial charge in [-0.15, -0.1) is 11.8 Å². The third kappa shape index (κ3) is 5.25. The average Bonchev–Trinajstić information content (AvgIpc) is 3.12. The lowest BCUT2D eigenvalue weighted by Crippen LogP contribution is -2.61. The van der Waals surface area contributed by atoms with E-state index in [9.17, 15) is 9.18 Å². The van der Waals surface area contributed by atoms with Crippen LogP contribution in [0.2, 0.25) is 0 Å². The highest BCUT2D eigenvalue weighted by molar-refractivity contribution is 8.00. The number of nitrogens with one attached hydrogen (secondary N) is 5. The summed E-state index contributed by atoms with van der Waals surface area (Å²) in [6.07, 6.45) is 5.73. The number of halogens is 1. The third-order valence-electron chi connectivity index (χ3n) is 7.21. The number of piperidine rings is 2. The first-order chi connectivity index (χ1) is 14.0. The number of rotatable bonds is 5. The van der Waals surface area contributed by atoms with Gasteiger partial charge in [-0.2, -0.15) is 0 Å². The minimum absolute atomic E-state index is 0.00347. The van der Waals surface area contributed by atoms with Crippen molar-refractivity contribution in [1.29, 1.82) is 0 Å². The number of carbonyl (C=O) groups excluding carboxylic acids is 1. The summed E-state index contributed by atoms with van der Waals surface area (Å²) < 4.78 is 14.3. The second-order valence-electron chi connectivity index (χ2n) is 9.26. The molecule has 1 saturated carbocycles. The van der Waals surface area contributed by atoms with E-state index in [2.05, 4.69) is 45.7 Å². The predicted molar refractivity (Wildman–Crippen MR) is 115 cm³/mol. The Balaban J connectivity index is 1.26. The molecule has 0 bridgehead atoms. The Labute approximate surface area is 178 Å². The first kappa shape index (κ1) is 21.8. The highest BCUT2D eigenvalue weighted by atomic mass is 32.2. The molecule has 0 radical (unpaired) electrons. The fraction of sp³-hybridized carbons (Fsp3) is 0.950. The lowest BCUT2D eigenvalue weighted by Gasteiger charge is -2.42. The highest BCUT2D eigenvalue weighted by Crippen LogP contribution is 2.34. The molecule has 0 aromatic carbocycles. The molecule has 4 fully saturated rings. The standard InChI is InChI=1S/C20H37FN6OS/c1-12(29-20-26-23-11-27(20)2)14-8-9-22-17(10-14)25-19(28)16-7-6-13-4-3-5-15(21)18(13)24-16/h12-18,20,22-24,26H,3-11H2,1-2H3,(H,25,28)/t12-,13?,14?,15?,16?,17?,18?,20?/m0/s1. The molecule has 0 aromatic rings. The van der Waals surface area contributed by atoms with Crippen LogP contribution >= 0.6 is 11.8 Å². The number of hydrogen-bond donors (Lipinski definition) is 5. The van der Waals surface area contributed by atoms with Gasteiger partial charge in [-0.25, -0.2) is 15.2 Å². The van der Waals surface area contributed by atoms with Gasteiger partial charge in [0.15, 0.2) is 0 Å². The summed E-state index contributed by atoms with van der Waals surface area (Å²) >= 11 is 1.94. The van der Waals surface area contributed by atoms with E-state index in [1.807, 2.05) is 11.8 Å². The second-order valence-corrected chi connectivity index (χ2v) is 10.7. The lowest BCUT2D eigenvalue weighted by molar-refractivity contribution is -0.126. The van der Waals surface area contributed by atoms with E-state index >= 15 is 0 Å². The molecular formula is C20H37FN6OS. The number of thioether (sulfide) groups is 1. The molecule has 5 N–H and O–H groups in total. The molecule has 1 aliphatic carbocycles. The number of fused-ring (bicyclic) bond motifs is 1. The van der Waals surface area contributed by atoms with Crippen LogP contribution in [-0.2, 0) is 4.79 Å². The summed E-state index contributed by atoms with van der Waals surface area (Å²) in [7, 11) is 2.11. The normalized spacial score (nSPS) is 42.2. The molecule has 0 aromatic heterocycles. The Morgan fingerprint density at radius 1 is 1.24 bits per heavy atom. The highest BCUT2D eigenvalue weighted by Gasteiger charge is 2.40. The van der Waals surface area contributed by atoms with Crippen LogP contribution in [0, 0.1) is 11.8 Å². The number of alkyl halides is 1. The number of nitrogens with zero attached hydrogens (tertiary/aromatic N) is 1. The van der Waals surface area contributed by atoms with Crippen LogP contribution in [0.4, 0.5) is 4.39 Å². The van der Waals surface area contributed by atoms with E-state index < -0.39 is 6.17 Å². The van der Waals surface area contributed by atoms with E-state index in [1.54, 1.807) is 0 Å². The molecule has 3 aliphatic heterocycles. The van der Waals surface area contributed by atoms with Gasteiger partial charge in [-0.1, -0.05) is 13.3 Å². The van der Waals surface area contributed by atoms with Crippen LogP contribution in [0.1, 0.15) is 51.9 Å². The van der Waals surface area contributed by atoms with Crippen LogP contribution < -0.4 is 26.8 Å². The van der Waals surface area contributed by atoms with Crippen LogP contribution in [0.15, 0.2) is 0 Å². The van der Waals surface area contributed by atoms with Crippen LogP contribution in [0.3, 0.4) is 0 Å². The van der Waals surface area contributed by atoms with Gasteiger partial charge in [-0.05, 0) is 64.0 Å². The molecule has 3 saturated heterocycles. The van der Waals surface area contributed by atoms with Crippen molar-refractivity contribution in [3.8, 4) is 0 Å². The van der Waals surface area contributed by atoms with Gasteiger partial charge >= 0.3 is 0 Å². The van der Waals surface area contributed by atoms with Crippen molar-refractivity contribution in [2.24, 2.45) is 11.8 Å². The summed E-state index contributed by atoms with van der Waals surface area (Å²) in [6, 6.07) is -0.398. The fourth-order valence-corrected chi connectivity index (χ4v) is 6.67. The molecule has 3 heterocycles. The zero-order chi connectivity index (χ0) is 20.4. The molecule has 4 aliphatic rings. The molecule has 9 heteroatoms. The van der Waals surface area contributed by atoms with E-state index in [-0.39, 0.29) is 29.7 Å². The van der Waals surface area contributed by atoms with Crippen molar-refractivity contribution in [1.82, 2.24) is 31.7 Å². The molecule has 1 amide bonds. The lowest BCUT2D eigenvalue weighted by atomic mass is 9.76. The Bertz CT molecular complexity index is 571. The van der Waals surface area contributed by atoms with Crippen molar-refractivity contribution in [3.05, 3.63) is 0 Å². The minimum atomic E-state index is -0.809. The molecule has 166 valence electrons. The van der Waals surface area contributed by atoms with Gasteiger partial charge in [0.05, 0.1) is 18.9 Å². The topological polar surface area (TPSA) is 80.5 Å². The maximum atomic E-state index is 14.3. The third-order valence-corrected chi connectivity index (χ3v) is 8.76. The molecule has 7 unspecified atom stereocenters. The summed E-state index contributed by atoms with van der Waals surface area (Å²) in [5, 5.41) is 10.5. The molecule has 29 heavy (non-hydrogen) atoms. The van der Waals surface area contributed by atoms with Gasteiger partial charge in [0.1, 0.15) is 11.7 Å². The number of hydrogen-bond acceptors (Lipinski definition) is 7. The van der Waals surface area contributed by atoms with Gasteiger partial charge in [0.25, 0.3) is 0 Å². The van der Waals surface area contributed by atoms with Gasteiger partial charge in [0, 0.05) is 11.3 Å². The van der Waals surface area contributed by atoms with E-state index in [0.717, 1.165) is 51.7 Å². The quantitative estimate of drug-likeness (QED) is 0.449. The van der Waals surface area contributed by atoms with Gasteiger partial charge in [-0.3, -0.25) is 20.3 Å². The van der Waals surface area contributed by atoms with Crippen molar-refractivity contribution in [2.45, 2.75) is 87.0 Å². The maximum Gasteiger partial charge on any atom is 0.238 e. The zero-order valence-electron chi connectivity index (χ0n) is 17.6.